The molecule has 0 radical (unpaired) electrons. The molecular weight excluding hydrogens is 355 g/mol. The molecule has 3 aromatic rings. The lowest BCUT2D eigenvalue weighted by Crippen LogP contribution is -2.32. The van der Waals surface area contributed by atoms with Crippen molar-refractivity contribution >= 4 is 5.91 Å². The van der Waals surface area contributed by atoms with Gasteiger partial charge < -0.3 is 4.90 Å². The molecule has 6 heteroatoms. The van der Waals surface area contributed by atoms with Gasteiger partial charge in [0.1, 0.15) is 5.82 Å². The lowest BCUT2D eigenvalue weighted by Gasteiger charge is -2.22. The van der Waals surface area contributed by atoms with Crippen LogP contribution in [0.15, 0.2) is 55.0 Å². The number of aromatic nitrogens is 3. The Morgan fingerprint density at radius 2 is 1.96 bits per heavy atom. The van der Waals surface area contributed by atoms with Gasteiger partial charge in [-0.2, -0.15) is 5.10 Å². The maximum Gasteiger partial charge on any atom is 0.257 e. The van der Waals surface area contributed by atoms with Crippen LogP contribution >= 0.6 is 0 Å². The van der Waals surface area contributed by atoms with Gasteiger partial charge in [-0.25, -0.2) is 4.39 Å². The van der Waals surface area contributed by atoms with Gasteiger partial charge >= 0.3 is 0 Å². The Morgan fingerprint density at radius 1 is 1.18 bits per heavy atom. The molecule has 1 amide bonds. The van der Waals surface area contributed by atoms with Crippen molar-refractivity contribution in [3.8, 4) is 0 Å². The van der Waals surface area contributed by atoms with Crippen LogP contribution in [-0.2, 0) is 19.5 Å². The largest absolute Gasteiger partial charge is 0.334 e. The fourth-order valence-corrected chi connectivity index (χ4v) is 3.12. The first kappa shape index (κ1) is 19.7. The number of pyridine rings is 1. The van der Waals surface area contributed by atoms with Crippen molar-refractivity contribution in [1.82, 2.24) is 19.7 Å². The number of carbonyl (C=O) groups excluding carboxylic acids is 1. The molecule has 0 N–H and O–H groups in total. The molecule has 0 atom stereocenters. The standard InChI is InChI=1S/C22H25FN4O/c1-3-12-27-16-21(17(2)25-27)22(28)26(15-19-5-4-11-24-14-19)13-10-18-6-8-20(23)9-7-18/h4-9,11,14,16H,3,10,12-13,15H2,1-2H3. The number of amides is 1. The molecule has 28 heavy (non-hydrogen) atoms. The zero-order chi connectivity index (χ0) is 19.9. The van der Waals surface area contributed by atoms with E-state index in [2.05, 4.69) is 17.0 Å². The number of aryl methyl sites for hydroxylation is 2. The molecule has 0 bridgehead atoms. The van der Waals surface area contributed by atoms with Gasteiger partial charge in [-0.05, 0) is 49.1 Å². The first-order valence-electron chi connectivity index (χ1n) is 9.53. The van der Waals surface area contributed by atoms with E-state index in [1.807, 2.05) is 29.9 Å². The van der Waals surface area contributed by atoms with Gasteiger partial charge in [-0.3, -0.25) is 14.5 Å². The van der Waals surface area contributed by atoms with Crippen LogP contribution in [0, 0.1) is 12.7 Å². The molecule has 0 aliphatic carbocycles. The van der Waals surface area contributed by atoms with Crippen LogP contribution in [0.5, 0.6) is 0 Å². The third-order valence-corrected chi connectivity index (χ3v) is 4.60. The van der Waals surface area contributed by atoms with Crippen LogP contribution in [0.3, 0.4) is 0 Å². The molecule has 5 nitrogen and oxygen atoms in total. The lowest BCUT2D eigenvalue weighted by molar-refractivity contribution is 0.0744. The van der Waals surface area contributed by atoms with Crippen LogP contribution in [0.4, 0.5) is 4.39 Å². The van der Waals surface area contributed by atoms with Gasteiger partial charge in [0, 0.05) is 38.2 Å². The van der Waals surface area contributed by atoms with E-state index in [1.54, 1.807) is 29.4 Å². The number of carbonyl (C=O) groups is 1. The monoisotopic (exact) mass is 380 g/mol. The van der Waals surface area contributed by atoms with E-state index in [0.29, 0.717) is 25.1 Å². The zero-order valence-electron chi connectivity index (χ0n) is 16.3. The van der Waals surface area contributed by atoms with Crippen molar-refractivity contribution in [1.29, 1.82) is 0 Å². The minimum atomic E-state index is -0.258. The fourth-order valence-electron chi connectivity index (χ4n) is 3.12. The van der Waals surface area contributed by atoms with Gasteiger partial charge in [0.15, 0.2) is 0 Å². The number of hydrogen-bond donors (Lipinski definition) is 0. The normalized spacial score (nSPS) is 10.8. The molecule has 0 spiro atoms. The Balaban J connectivity index is 1.80. The van der Waals surface area contributed by atoms with Gasteiger partial charge in [0.2, 0.25) is 0 Å². The summed E-state index contributed by atoms with van der Waals surface area (Å²) in [5, 5.41) is 4.45. The van der Waals surface area contributed by atoms with Crippen LogP contribution in [0.2, 0.25) is 0 Å². The molecule has 3 rings (SSSR count). The van der Waals surface area contributed by atoms with Crippen LogP contribution in [0.1, 0.15) is 40.5 Å². The fraction of sp³-hybridized carbons (Fsp3) is 0.318. The van der Waals surface area contributed by atoms with E-state index >= 15 is 0 Å². The first-order chi connectivity index (χ1) is 13.6. The predicted molar refractivity (Wildman–Crippen MR) is 106 cm³/mol. The predicted octanol–water partition coefficient (Wildman–Crippen LogP) is 4.02. The van der Waals surface area contributed by atoms with Gasteiger partial charge in [-0.1, -0.05) is 25.1 Å². The minimum Gasteiger partial charge on any atom is -0.334 e. The summed E-state index contributed by atoms with van der Waals surface area (Å²) in [5.41, 5.74) is 3.31. The maximum absolute atomic E-state index is 13.3. The number of benzene rings is 1. The Hall–Kier alpha value is -3.02. The molecular formula is C22H25FN4O. The third kappa shape index (κ3) is 5.03. The Bertz CT molecular complexity index is 906. The summed E-state index contributed by atoms with van der Waals surface area (Å²) in [6, 6.07) is 10.2. The third-order valence-electron chi connectivity index (χ3n) is 4.60. The minimum absolute atomic E-state index is 0.0502. The Kier molecular flexibility index (Phi) is 6.53. The van der Waals surface area contributed by atoms with E-state index in [0.717, 1.165) is 29.8 Å². The number of hydrogen-bond acceptors (Lipinski definition) is 3. The smallest absolute Gasteiger partial charge is 0.257 e. The van der Waals surface area contributed by atoms with E-state index < -0.39 is 0 Å². The van der Waals surface area contributed by atoms with E-state index in [4.69, 9.17) is 0 Å². The number of nitrogens with zero attached hydrogens (tertiary/aromatic N) is 4. The average molecular weight is 380 g/mol. The lowest BCUT2D eigenvalue weighted by atomic mass is 10.1. The summed E-state index contributed by atoms with van der Waals surface area (Å²) >= 11 is 0. The second-order valence-electron chi connectivity index (χ2n) is 6.86. The van der Waals surface area contributed by atoms with Crippen molar-refractivity contribution in [2.75, 3.05) is 6.54 Å². The highest BCUT2D eigenvalue weighted by Crippen LogP contribution is 2.14. The molecule has 0 unspecified atom stereocenters. The maximum atomic E-state index is 13.3. The Morgan fingerprint density at radius 3 is 2.64 bits per heavy atom. The molecule has 0 fully saturated rings. The van der Waals surface area contributed by atoms with Crippen molar-refractivity contribution in [2.24, 2.45) is 0 Å². The van der Waals surface area contributed by atoms with Crippen molar-refractivity contribution < 1.29 is 9.18 Å². The molecule has 0 saturated heterocycles. The van der Waals surface area contributed by atoms with Crippen molar-refractivity contribution in [3.05, 3.63) is 83.2 Å². The molecule has 2 heterocycles. The molecule has 0 aliphatic heterocycles. The first-order valence-corrected chi connectivity index (χ1v) is 9.53. The highest BCUT2D eigenvalue weighted by molar-refractivity contribution is 5.95. The molecule has 0 saturated carbocycles. The van der Waals surface area contributed by atoms with Crippen molar-refractivity contribution in [2.45, 2.75) is 39.8 Å². The van der Waals surface area contributed by atoms with E-state index in [1.165, 1.54) is 12.1 Å². The molecule has 146 valence electrons. The highest BCUT2D eigenvalue weighted by Gasteiger charge is 2.20. The molecule has 0 aliphatic rings. The van der Waals surface area contributed by atoms with Gasteiger partial charge in [0.25, 0.3) is 5.91 Å². The van der Waals surface area contributed by atoms with Gasteiger partial charge in [0.05, 0.1) is 11.3 Å². The van der Waals surface area contributed by atoms with E-state index in [-0.39, 0.29) is 11.7 Å². The topological polar surface area (TPSA) is 51.0 Å². The molecule has 1 aromatic carbocycles. The van der Waals surface area contributed by atoms with Crippen LogP contribution in [0.25, 0.3) is 0 Å². The average Bonchev–Trinajstić information content (AvgIpc) is 3.07. The van der Waals surface area contributed by atoms with E-state index in [9.17, 15) is 9.18 Å². The quantitative estimate of drug-likeness (QED) is 0.593. The summed E-state index contributed by atoms with van der Waals surface area (Å²) in [7, 11) is 0. The van der Waals surface area contributed by atoms with Gasteiger partial charge in [-0.15, -0.1) is 0 Å². The number of halogens is 1. The summed E-state index contributed by atoms with van der Waals surface area (Å²) in [4.78, 5) is 19.2. The number of rotatable bonds is 8. The van der Waals surface area contributed by atoms with Crippen molar-refractivity contribution in [3.63, 3.8) is 0 Å². The SMILES string of the molecule is CCCn1cc(C(=O)N(CCc2ccc(F)cc2)Cc2cccnc2)c(C)n1. The Labute approximate surface area is 164 Å². The summed E-state index contributed by atoms with van der Waals surface area (Å²) in [6.45, 7) is 5.72. The van der Waals surface area contributed by atoms with Crippen LogP contribution < -0.4 is 0 Å². The zero-order valence-corrected chi connectivity index (χ0v) is 16.3. The second kappa shape index (κ2) is 9.26. The second-order valence-corrected chi connectivity index (χ2v) is 6.86. The molecule has 2 aromatic heterocycles. The summed E-state index contributed by atoms with van der Waals surface area (Å²) in [5.74, 6) is -0.308. The van der Waals surface area contributed by atoms with Crippen LogP contribution in [-0.4, -0.2) is 32.1 Å². The summed E-state index contributed by atoms with van der Waals surface area (Å²) < 4.78 is 15.0. The highest BCUT2D eigenvalue weighted by atomic mass is 19.1. The summed E-state index contributed by atoms with van der Waals surface area (Å²) in [6.07, 6.45) is 6.92.